The second-order valence-corrected chi connectivity index (χ2v) is 5.59. The lowest BCUT2D eigenvalue weighted by Gasteiger charge is -2.33. The van der Waals surface area contributed by atoms with Gasteiger partial charge in [0.2, 0.25) is 5.91 Å². The second-order valence-electron chi connectivity index (χ2n) is 5.59. The number of ether oxygens (including phenoxy) is 1. The first-order valence-electron chi connectivity index (χ1n) is 7.92. The molecule has 124 valence electrons. The van der Waals surface area contributed by atoms with Crippen LogP contribution in [0.1, 0.15) is 12.0 Å². The lowest BCUT2D eigenvalue weighted by atomic mass is 10.0. The minimum atomic E-state index is -0.617. The summed E-state index contributed by atoms with van der Waals surface area (Å²) in [6.07, 6.45) is 3.94. The molecular weight excluding hydrogens is 306 g/mol. The number of aromatic nitrogens is 1. The van der Waals surface area contributed by atoms with Crippen molar-refractivity contribution in [2.24, 2.45) is 0 Å². The predicted octanol–water partition coefficient (Wildman–Crippen LogP) is 2.47. The third kappa shape index (κ3) is 3.90. The summed E-state index contributed by atoms with van der Waals surface area (Å²) in [5.74, 6) is -0.232. The molecule has 6 nitrogen and oxygen atoms in total. The fourth-order valence-corrected chi connectivity index (χ4v) is 2.69. The third-order valence-electron chi connectivity index (χ3n) is 3.90. The van der Waals surface area contributed by atoms with Crippen LogP contribution in [0.25, 0.3) is 0 Å². The van der Waals surface area contributed by atoms with E-state index in [0.29, 0.717) is 25.3 Å². The van der Waals surface area contributed by atoms with Gasteiger partial charge >= 0.3 is 6.09 Å². The van der Waals surface area contributed by atoms with Gasteiger partial charge < -0.3 is 10.1 Å². The third-order valence-corrected chi connectivity index (χ3v) is 3.90. The molecule has 1 aromatic carbocycles. The Hall–Kier alpha value is -2.89. The van der Waals surface area contributed by atoms with Crippen molar-refractivity contribution in [2.45, 2.75) is 18.9 Å². The molecule has 1 aromatic heterocycles. The van der Waals surface area contributed by atoms with Gasteiger partial charge in [0.25, 0.3) is 0 Å². The monoisotopic (exact) mass is 325 g/mol. The number of amides is 2. The second kappa shape index (κ2) is 7.59. The molecule has 1 fully saturated rings. The molecule has 6 heteroatoms. The van der Waals surface area contributed by atoms with Crippen molar-refractivity contribution in [3.8, 4) is 0 Å². The highest BCUT2D eigenvalue weighted by molar-refractivity contribution is 5.96. The number of nitrogens with zero attached hydrogens (tertiary/aromatic N) is 2. The van der Waals surface area contributed by atoms with E-state index in [1.807, 2.05) is 30.3 Å². The number of anilines is 1. The summed E-state index contributed by atoms with van der Waals surface area (Å²) in [7, 11) is 0. The molecule has 0 bridgehead atoms. The first-order chi connectivity index (χ1) is 11.7. The number of rotatable bonds is 5. The van der Waals surface area contributed by atoms with E-state index in [-0.39, 0.29) is 5.91 Å². The molecule has 2 aromatic rings. The van der Waals surface area contributed by atoms with E-state index in [0.717, 1.165) is 12.0 Å². The van der Waals surface area contributed by atoms with E-state index in [9.17, 15) is 9.59 Å². The average molecular weight is 325 g/mol. The standard InChI is InChI=1S/C18H19N3O3/c22-17(20-15-7-9-19-10-8-15)16(13-14-5-2-1-3-6-14)21-11-4-12-24-18(21)23/h1-3,5-10,16H,4,11-13H2,(H,19,20,22)/t16-/m1/s1. The Morgan fingerprint density at radius 3 is 2.67 bits per heavy atom. The summed E-state index contributed by atoms with van der Waals surface area (Å²) in [6, 6.07) is 12.5. The van der Waals surface area contributed by atoms with Crippen LogP contribution in [0.5, 0.6) is 0 Å². The van der Waals surface area contributed by atoms with Crippen molar-refractivity contribution in [1.82, 2.24) is 9.88 Å². The van der Waals surface area contributed by atoms with Crippen LogP contribution in [0.4, 0.5) is 10.5 Å². The summed E-state index contributed by atoms with van der Waals surface area (Å²) < 4.78 is 5.11. The van der Waals surface area contributed by atoms with Crippen LogP contribution < -0.4 is 5.32 Å². The van der Waals surface area contributed by atoms with E-state index >= 15 is 0 Å². The minimum absolute atomic E-state index is 0.232. The Balaban J connectivity index is 1.80. The molecule has 1 saturated heterocycles. The first-order valence-corrected chi connectivity index (χ1v) is 7.92. The highest BCUT2D eigenvalue weighted by Gasteiger charge is 2.33. The van der Waals surface area contributed by atoms with Gasteiger partial charge in [-0.1, -0.05) is 30.3 Å². The highest BCUT2D eigenvalue weighted by Crippen LogP contribution is 2.16. The topological polar surface area (TPSA) is 71.5 Å². The van der Waals surface area contributed by atoms with Crippen molar-refractivity contribution in [2.75, 3.05) is 18.5 Å². The van der Waals surface area contributed by atoms with Crippen molar-refractivity contribution >= 4 is 17.7 Å². The van der Waals surface area contributed by atoms with E-state index in [4.69, 9.17) is 4.74 Å². The summed E-state index contributed by atoms with van der Waals surface area (Å²) in [6.45, 7) is 0.916. The van der Waals surface area contributed by atoms with Crippen molar-refractivity contribution < 1.29 is 14.3 Å². The van der Waals surface area contributed by atoms with E-state index in [1.54, 1.807) is 24.5 Å². The van der Waals surface area contributed by atoms with E-state index < -0.39 is 12.1 Å². The number of cyclic esters (lactones) is 1. The Bertz CT molecular complexity index is 691. The van der Waals surface area contributed by atoms with Gasteiger partial charge in [0.1, 0.15) is 6.04 Å². The fourth-order valence-electron chi connectivity index (χ4n) is 2.69. The number of carbonyl (C=O) groups excluding carboxylic acids is 2. The molecular formula is C18H19N3O3. The quantitative estimate of drug-likeness (QED) is 0.917. The predicted molar refractivity (Wildman–Crippen MR) is 89.5 cm³/mol. The summed E-state index contributed by atoms with van der Waals surface area (Å²) in [5, 5.41) is 2.85. The molecule has 0 saturated carbocycles. The molecule has 1 aliphatic rings. The van der Waals surface area contributed by atoms with Crippen LogP contribution in [0.2, 0.25) is 0 Å². The molecule has 1 N–H and O–H groups in total. The van der Waals surface area contributed by atoms with Crippen molar-refractivity contribution in [3.05, 3.63) is 60.4 Å². The maximum absolute atomic E-state index is 12.8. The Morgan fingerprint density at radius 1 is 1.21 bits per heavy atom. The molecule has 2 heterocycles. The van der Waals surface area contributed by atoms with Crippen LogP contribution in [-0.4, -0.2) is 41.1 Å². The van der Waals surface area contributed by atoms with Gasteiger partial charge in [-0.3, -0.25) is 14.7 Å². The highest BCUT2D eigenvalue weighted by atomic mass is 16.6. The fraction of sp³-hybridized carbons (Fsp3) is 0.278. The van der Waals surface area contributed by atoms with Gasteiger partial charge in [0.05, 0.1) is 6.61 Å². The number of pyridine rings is 1. The first kappa shape index (κ1) is 16.0. The number of benzene rings is 1. The minimum Gasteiger partial charge on any atom is -0.449 e. The van der Waals surface area contributed by atoms with Crippen molar-refractivity contribution in [1.29, 1.82) is 0 Å². The molecule has 1 atom stereocenters. The van der Waals surface area contributed by atoms with Crippen LogP contribution in [0, 0.1) is 0 Å². The van der Waals surface area contributed by atoms with Crippen LogP contribution in [-0.2, 0) is 16.0 Å². The largest absolute Gasteiger partial charge is 0.449 e. The van der Waals surface area contributed by atoms with Gasteiger partial charge in [-0.05, 0) is 24.1 Å². The number of carbonyl (C=O) groups is 2. The summed E-state index contributed by atoms with van der Waals surface area (Å²) >= 11 is 0. The molecule has 0 spiro atoms. The molecule has 1 aliphatic heterocycles. The van der Waals surface area contributed by atoms with Crippen LogP contribution in [0.15, 0.2) is 54.9 Å². The Kier molecular flexibility index (Phi) is 5.05. The van der Waals surface area contributed by atoms with Gasteiger partial charge in [-0.2, -0.15) is 0 Å². The smallest absolute Gasteiger partial charge is 0.410 e. The lowest BCUT2D eigenvalue weighted by Crippen LogP contribution is -2.51. The van der Waals surface area contributed by atoms with Crippen LogP contribution >= 0.6 is 0 Å². The zero-order chi connectivity index (χ0) is 16.8. The number of hydrogen-bond donors (Lipinski definition) is 1. The zero-order valence-electron chi connectivity index (χ0n) is 13.2. The molecule has 3 rings (SSSR count). The summed E-state index contributed by atoms with van der Waals surface area (Å²) in [4.78, 5) is 30.3. The molecule has 0 aliphatic carbocycles. The maximum Gasteiger partial charge on any atom is 0.410 e. The van der Waals surface area contributed by atoms with Gasteiger partial charge in [-0.15, -0.1) is 0 Å². The van der Waals surface area contributed by atoms with Gasteiger partial charge in [0.15, 0.2) is 0 Å². The molecule has 0 radical (unpaired) electrons. The Morgan fingerprint density at radius 2 is 1.96 bits per heavy atom. The SMILES string of the molecule is O=C(Nc1ccncc1)[C@@H](Cc1ccccc1)N1CCCOC1=O. The van der Waals surface area contributed by atoms with Crippen molar-refractivity contribution in [3.63, 3.8) is 0 Å². The summed E-state index contributed by atoms with van der Waals surface area (Å²) in [5.41, 5.74) is 1.64. The lowest BCUT2D eigenvalue weighted by molar-refractivity contribution is -0.121. The zero-order valence-corrected chi connectivity index (χ0v) is 13.2. The van der Waals surface area contributed by atoms with E-state index in [2.05, 4.69) is 10.3 Å². The van der Waals surface area contributed by atoms with Gasteiger partial charge in [-0.25, -0.2) is 4.79 Å². The molecule has 24 heavy (non-hydrogen) atoms. The molecule has 2 amide bonds. The number of nitrogens with one attached hydrogen (secondary N) is 1. The van der Waals surface area contributed by atoms with Crippen LogP contribution in [0.3, 0.4) is 0 Å². The van der Waals surface area contributed by atoms with Gasteiger partial charge in [0, 0.05) is 31.0 Å². The average Bonchev–Trinajstić information content (AvgIpc) is 2.62. The normalized spacial score (nSPS) is 15.5. The maximum atomic E-state index is 12.8. The number of hydrogen-bond acceptors (Lipinski definition) is 4. The van der Waals surface area contributed by atoms with E-state index in [1.165, 1.54) is 4.90 Å². The Labute approximate surface area is 140 Å². The molecule has 0 unspecified atom stereocenters.